The van der Waals surface area contributed by atoms with Gasteiger partial charge in [-0.3, -0.25) is 0 Å². The van der Waals surface area contributed by atoms with Crippen LogP contribution in [0.25, 0.3) is 21.1 Å². The number of aromatic nitrogens is 2. The first-order valence-corrected chi connectivity index (χ1v) is 10.3. The van der Waals surface area contributed by atoms with Crippen molar-refractivity contribution in [2.24, 2.45) is 0 Å². The summed E-state index contributed by atoms with van der Waals surface area (Å²) in [5.74, 6) is 0.579. The molecule has 0 aliphatic carbocycles. The van der Waals surface area contributed by atoms with E-state index in [-0.39, 0.29) is 6.10 Å². The van der Waals surface area contributed by atoms with Crippen molar-refractivity contribution < 1.29 is 4.74 Å². The molecule has 0 spiro atoms. The SMILES string of the molecule is CC(C)Oc1c(C#N)cccc1-c1nnc(-c2ccc3c(c2)CCNCC3)s1. The van der Waals surface area contributed by atoms with Gasteiger partial charge >= 0.3 is 0 Å². The Balaban J connectivity index is 1.71. The van der Waals surface area contributed by atoms with Crippen molar-refractivity contribution >= 4 is 11.3 Å². The Hall–Kier alpha value is -2.75. The second-order valence-corrected chi connectivity index (χ2v) is 8.08. The van der Waals surface area contributed by atoms with E-state index < -0.39 is 0 Å². The van der Waals surface area contributed by atoms with Gasteiger partial charge in [-0.2, -0.15) is 5.26 Å². The highest BCUT2D eigenvalue weighted by Crippen LogP contribution is 2.38. The predicted molar refractivity (Wildman–Crippen MR) is 112 cm³/mol. The fourth-order valence-corrected chi connectivity index (χ4v) is 4.27. The van der Waals surface area contributed by atoms with Crippen LogP contribution in [-0.4, -0.2) is 29.4 Å². The molecule has 0 fully saturated rings. The number of benzene rings is 2. The lowest BCUT2D eigenvalue weighted by atomic mass is 10.0. The van der Waals surface area contributed by atoms with E-state index >= 15 is 0 Å². The number of hydrogen-bond donors (Lipinski definition) is 1. The highest BCUT2D eigenvalue weighted by atomic mass is 32.1. The first-order valence-electron chi connectivity index (χ1n) is 9.52. The third-order valence-corrected chi connectivity index (χ3v) is 5.75. The molecule has 0 saturated heterocycles. The summed E-state index contributed by atoms with van der Waals surface area (Å²) >= 11 is 1.53. The lowest BCUT2D eigenvalue weighted by Gasteiger charge is -2.14. The maximum absolute atomic E-state index is 9.45. The number of para-hydroxylation sites is 1. The lowest BCUT2D eigenvalue weighted by Crippen LogP contribution is -2.16. The normalized spacial score (nSPS) is 13.6. The van der Waals surface area contributed by atoms with Crippen molar-refractivity contribution in [1.82, 2.24) is 15.5 Å². The fraction of sp³-hybridized carbons (Fsp3) is 0.318. The summed E-state index contributed by atoms with van der Waals surface area (Å²) in [6, 6.07) is 14.4. The van der Waals surface area contributed by atoms with Gasteiger partial charge in [-0.1, -0.05) is 29.5 Å². The van der Waals surface area contributed by atoms with Crippen molar-refractivity contribution in [3.05, 3.63) is 53.1 Å². The van der Waals surface area contributed by atoms with E-state index in [1.165, 1.54) is 22.5 Å². The van der Waals surface area contributed by atoms with Gasteiger partial charge in [0.1, 0.15) is 16.8 Å². The molecule has 5 nitrogen and oxygen atoms in total. The number of nitrogens with one attached hydrogen (secondary N) is 1. The smallest absolute Gasteiger partial charge is 0.151 e. The molecule has 1 aliphatic rings. The van der Waals surface area contributed by atoms with Gasteiger partial charge in [0.15, 0.2) is 5.01 Å². The molecule has 0 amide bonds. The van der Waals surface area contributed by atoms with Crippen molar-refractivity contribution in [1.29, 1.82) is 5.26 Å². The van der Waals surface area contributed by atoms with Crippen LogP contribution in [0.5, 0.6) is 5.75 Å². The van der Waals surface area contributed by atoms with Crippen LogP contribution in [0.15, 0.2) is 36.4 Å². The average molecular weight is 391 g/mol. The molecule has 28 heavy (non-hydrogen) atoms. The summed E-state index contributed by atoms with van der Waals surface area (Å²) < 4.78 is 5.93. The van der Waals surface area contributed by atoms with Gasteiger partial charge in [0.2, 0.25) is 0 Å². The second kappa shape index (κ2) is 8.09. The Bertz CT molecular complexity index is 1040. The van der Waals surface area contributed by atoms with Crippen molar-refractivity contribution in [3.8, 4) is 33.0 Å². The van der Waals surface area contributed by atoms with Crippen LogP contribution in [0.2, 0.25) is 0 Å². The summed E-state index contributed by atoms with van der Waals surface area (Å²) in [6.07, 6.45) is 2.07. The van der Waals surface area contributed by atoms with Gasteiger partial charge in [-0.25, -0.2) is 0 Å². The van der Waals surface area contributed by atoms with E-state index in [1.807, 2.05) is 26.0 Å². The van der Waals surface area contributed by atoms with E-state index in [0.29, 0.717) is 11.3 Å². The molecule has 0 saturated carbocycles. The Morgan fingerprint density at radius 1 is 1.07 bits per heavy atom. The standard InChI is InChI=1S/C22H22N4OS/c1-14(2)27-20-18(13-23)4-3-5-19(20)22-26-25-21(28-22)17-7-6-15-8-10-24-11-9-16(15)12-17/h3-7,12,14,24H,8-11H2,1-2H3. The molecule has 0 unspecified atom stereocenters. The molecule has 0 atom stereocenters. The van der Waals surface area contributed by atoms with Crippen LogP contribution in [0.1, 0.15) is 30.5 Å². The molecular formula is C22H22N4OS. The molecule has 2 aromatic carbocycles. The minimum Gasteiger partial charge on any atom is -0.489 e. The average Bonchev–Trinajstić information content (AvgIpc) is 3.06. The molecule has 4 rings (SSSR count). The number of hydrogen-bond acceptors (Lipinski definition) is 6. The predicted octanol–water partition coefficient (Wildman–Crippen LogP) is 4.22. The first-order chi connectivity index (χ1) is 13.7. The molecule has 0 radical (unpaired) electrons. The van der Waals surface area contributed by atoms with Gasteiger partial charge in [0, 0.05) is 5.56 Å². The topological polar surface area (TPSA) is 70.8 Å². The van der Waals surface area contributed by atoms with E-state index in [4.69, 9.17) is 4.74 Å². The number of nitriles is 1. The van der Waals surface area contributed by atoms with E-state index in [1.54, 1.807) is 6.07 Å². The summed E-state index contributed by atoms with van der Waals surface area (Å²) in [7, 11) is 0. The molecule has 1 aromatic heterocycles. The summed E-state index contributed by atoms with van der Waals surface area (Å²) in [4.78, 5) is 0. The molecule has 2 heterocycles. The number of fused-ring (bicyclic) bond motifs is 1. The monoisotopic (exact) mass is 390 g/mol. The van der Waals surface area contributed by atoms with Crippen LogP contribution >= 0.6 is 11.3 Å². The molecule has 142 valence electrons. The van der Waals surface area contributed by atoms with Crippen LogP contribution in [0.4, 0.5) is 0 Å². The number of rotatable bonds is 4. The van der Waals surface area contributed by atoms with Crippen molar-refractivity contribution in [2.45, 2.75) is 32.8 Å². The van der Waals surface area contributed by atoms with Gasteiger partial charge < -0.3 is 10.1 Å². The summed E-state index contributed by atoms with van der Waals surface area (Å²) in [5.41, 5.74) is 5.21. The maximum Gasteiger partial charge on any atom is 0.151 e. The third kappa shape index (κ3) is 3.77. The quantitative estimate of drug-likeness (QED) is 0.722. The third-order valence-electron chi connectivity index (χ3n) is 4.74. The van der Waals surface area contributed by atoms with Crippen molar-refractivity contribution in [3.63, 3.8) is 0 Å². The van der Waals surface area contributed by atoms with E-state index in [2.05, 4.69) is 39.8 Å². The zero-order valence-electron chi connectivity index (χ0n) is 16.0. The summed E-state index contributed by atoms with van der Waals surface area (Å²) in [6.45, 7) is 5.94. The Kier molecular flexibility index (Phi) is 5.38. The number of nitrogens with zero attached hydrogens (tertiary/aromatic N) is 3. The Morgan fingerprint density at radius 2 is 1.86 bits per heavy atom. The first kappa shape index (κ1) is 18.6. The second-order valence-electron chi connectivity index (χ2n) is 7.11. The van der Waals surface area contributed by atoms with Gasteiger partial charge in [-0.05, 0) is 69.1 Å². The van der Waals surface area contributed by atoms with Gasteiger partial charge in [-0.15, -0.1) is 10.2 Å². The van der Waals surface area contributed by atoms with Crippen LogP contribution in [0.3, 0.4) is 0 Å². The van der Waals surface area contributed by atoms with Crippen LogP contribution in [-0.2, 0) is 12.8 Å². The Labute approximate surface area is 169 Å². The maximum atomic E-state index is 9.45. The fourth-order valence-electron chi connectivity index (χ4n) is 3.41. The summed E-state index contributed by atoms with van der Waals surface area (Å²) in [5, 5.41) is 23.4. The molecule has 3 aromatic rings. The van der Waals surface area contributed by atoms with E-state index in [9.17, 15) is 5.26 Å². The minimum absolute atomic E-state index is 0.0289. The highest BCUT2D eigenvalue weighted by Gasteiger charge is 2.18. The zero-order valence-corrected chi connectivity index (χ0v) is 16.8. The minimum atomic E-state index is -0.0289. The lowest BCUT2D eigenvalue weighted by molar-refractivity contribution is 0.243. The van der Waals surface area contributed by atoms with Gasteiger partial charge in [0.25, 0.3) is 0 Å². The molecule has 1 aliphatic heterocycles. The zero-order chi connectivity index (χ0) is 19.5. The Morgan fingerprint density at radius 3 is 2.64 bits per heavy atom. The van der Waals surface area contributed by atoms with Crippen LogP contribution < -0.4 is 10.1 Å². The molecule has 0 bridgehead atoms. The molecule has 6 heteroatoms. The van der Waals surface area contributed by atoms with E-state index in [0.717, 1.165) is 47.1 Å². The largest absolute Gasteiger partial charge is 0.489 e. The van der Waals surface area contributed by atoms with Crippen LogP contribution in [0, 0.1) is 11.3 Å². The van der Waals surface area contributed by atoms with Crippen molar-refractivity contribution in [2.75, 3.05) is 13.1 Å². The highest BCUT2D eigenvalue weighted by molar-refractivity contribution is 7.18. The molecule has 1 N–H and O–H groups in total. The number of ether oxygens (including phenoxy) is 1. The van der Waals surface area contributed by atoms with Gasteiger partial charge in [0.05, 0.1) is 17.2 Å². The molecular weight excluding hydrogens is 368 g/mol.